The van der Waals surface area contributed by atoms with E-state index in [1.165, 1.54) is 7.11 Å². The van der Waals surface area contributed by atoms with Crippen LogP contribution in [-0.2, 0) is 38.0 Å². The number of carbonyl (C=O) groups is 2. The van der Waals surface area contributed by atoms with Crippen LogP contribution in [-0.4, -0.2) is 104 Å². The summed E-state index contributed by atoms with van der Waals surface area (Å²) in [6.45, 7) is 30.2. The predicted octanol–water partition coefficient (Wildman–Crippen LogP) is 7.17. The van der Waals surface area contributed by atoms with Crippen molar-refractivity contribution in [2.75, 3.05) is 21.2 Å². The summed E-state index contributed by atoms with van der Waals surface area (Å²) in [7, 11) is 5.25. The number of aliphatic hydroxyl groups is 2. The molecular weight excluding hydrogens is 704 g/mol. The van der Waals surface area contributed by atoms with Crippen molar-refractivity contribution in [3.63, 3.8) is 0 Å². The normalized spacial score (nSPS) is 41.0. The van der Waals surface area contributed by atoms with E-state index in [1.54, 1.807) is 34.6 Å². The van der Waals surface area contributed by atoms with E-state index < -0.39 is 90.0 Å². The number of nitrogens with one attached hydrogen (secondary N) is 1. The van der Waals surface area contributed by atoms with Gasteiger partial charge in [0.05, 0.1) is 42.0 Å². The molecule has 3 heterocycles. The molecule has 3 rings (SSSR count). The Hall–Kier alpha value is -1.48. The lowest BCUT2D eigenvalue weighted by molar-refractivity contribution is -0.356. The average Bonchev–Trinajstić information content (AvgIpc) is 3.17. The molecular formula is C43H86N2O10. The number of Topliss-reactive ketones (excluding diaryl/α,β-unsaturated/α-hetero) is 1. The van der Waals surface area contributed by atoms with Gasteiger partial charge in [-0.25, -0.2) is 0 Å². The zero-order chi connectivity index (χ0) is 43.4. The summed E-state index contributed by atoms with van der Waals surface area (Å²) < 4.78 is 37.4. The minimum atomic E-state index is -1.73. The smallest absolute Gasteiger partial charge is 0.311 e. The number of esters is 1. The molecule has 3 aliphatic heterocycles. The van der Waals surface area contributed by atoms with Crippen molar-refractivity contribution >= 4 is 11.8 Å². The second-order valence-electron chi connectivity index (χ2n) is 15.0. The van der Waals surface area contributed by atoms with Crippen LogP contribution in [0.1, 0.15) is 143 Å². The van der Waals surface area contributed by atoms with Gasteiger partial charge in [0.2, 0.25) is 5.91 Å². The molecule has 0 amide bonds. The fourth-order valence-electron chi connectivity index (χ4n) is 7.50. The van der Waals surface area contributed by atoms with E-state index in [2.05, 4.69) is 5.32 Å². The number of rotatable bonds is 6. The minimum absolute atomic E-state index is 0.0131. The Morgan fingerprint density at radius 3 is 1.96 bits per heavy atom. The summed E-state index contributed by atoms with van der Waals surface area (Å²) >= 11 is 0. The van der Waals surface area contributed by atoms with Crippen molar-refractivity contribution in [1.29, 1.82) is 0 Å². The summed E-state index contributed by atoms with van der Waals surface area (Å²) in [6, 6.07) is 0. The first-order valence-corrected chi connectivity index (χ1v) is 21.2. The second-order valence-corrected chi connectivity index (χ2v) is 15.0. The molecule has 0 saturated carbocycles. The van der Waals surface area contributed by atoms with Crippen LogP contribution in [0.25, 0.3) is 0 Å². The molecule has 5 N–H and O–H groups in total. The number of nitrogens with two attached hydrogens (primary N) is 1. The number of aliphatic hydroxyl groups excluding tert-OH is 2. The summed E-state index contributed by atoms with van der Waals surface area (Å²) in [6.07, 6.45) is -0.485. The van der Waals surface area contributed by atoms with Crippen molar-refractivity contribution in [3.8, 4) is 0 Å². The van der Waals surface area contributed by atoms with Crippen LogP contribution in [0.15, 0.2) is 11.6 Å². The first kappa shape index (κ1) is 55.6. The third-order valence-corrected chi connectivity index (χ3v) is 10.6. The zero-order valence-electron chi connectivity index (χ0n) is 38.4. The van der Waals surface area contributed by atoms with Crippen LogP contribution in [0.3, 0.4) is 0 Å². The Kier molecular flexibility index (Phi) is 27.6. The lowest BCUT2D eigenvalue weighted by Gasteiger charge is -2.50. The van der Waals surface area contributed by atoms with E-state index >= 15 is 0 Å². The Balaban J connectivity index is 0. The van der Waals surface area contributed by atoms with Crippen LogP contribution >= 0.6 is 0 Å². The molecule has 55 heavy (non-hydrogen) atoms. The fourth-order valence-corrected chi connectivity index (χ4v) is 7.50. The van der Waals surface area contributed by atoms with Crippen molar-refractivity contribution < 1.29 is 48.2 Å². The van der Waals surface area contributed by atoms with Crippen molar-refractivity contribution in [2.45, 2.75) is 203 Å². The highest BCUT2D eigenvalue weighted by atomic mass is 16.7. The Labute approximate surface area is 336 Å². The zero-order valence-corrected chi connectivity index (χ0v) is 38.4. The maximum atomic E-state index is 13.9. The van der Waals surface area contributed by atoms with Gasteiger partial charge in [-0.05, 0) is 80.0 Å². The van der Waals surface area contributed by atoms with E-state index in [-0.39, 0.29) is 18.3 Å². The van der Waals surface area contributed by atoms with Crippen LogP contribution in [0.2, 0.25) is 0 Å². The monoisotopic (exact) mass is 791 g/mol. The third-order valence-electron chi connectivity index (χ3n) is 10.6. The molecule has 15 atom stereocenters. The SMILES string of the molecule is CC.CC.CC.CCC1OC(=O)C(C)C(OC2(N)CC(C)(OC)C(O)C(C)O2)C(C)C(OC2CCCC(C)O2)/C(C)=C/C(C)C(=O)C(C)C(O)C1C.CNC. The van der Waals surface area contributed by atoms with E-state index in [0.717, 1.165) is 18.4 Å². The van der Waals surface area contributed by atoms with Crippen LogP contribution in [0.5, 0.6) is 0 Å². The predicted molar refractivity (Wildman–Crippen MR) is 221 cm³/mol. The van der Waals surface area contributed by atoms with E-state index in [1.807, 2.05) is 96.3 Å². The molecule has 0 aromatic carbocycles. The minimum Gasteiger partial charge on any atom is -0.462 e. The van der Waals surface area contributed by atoms with E-state index in [0.29, 0.717) is 12.8 Å². The summed E-state index contributed by atoms with van der Waals surface area (Å²) in [5, 5.41) is 24.9. The molecule has 2 saturated heterocycles. The maximum Gasteiger partial charge on any atom is 0.311 e. The second kappa shape index (κ2) is 27.3. The number of ether oxygens (including phenoxy) is 6. The highest BCUT2D eigenvalue weighted by Gasteiger charge is 2.54. The number of hydrogen-bond acceptors (Lipinski definition) is 12. The topological polar surface area (TPSA) is 168 Å². The molecule has 15 unspecified atom stereocenters. The van der Waals surface area contributed by atoms with Crippen LogP contribution in [0, 0.1) is 29.6 Å². The first-order valence-electron chi connectivity index (χ1n) is 21.2. The Morgan fingerprint density at radius 1 is 0.927 bits per heavy atom. The lowest BCUT2D eigenvalue weighted by Crippen LogP contribution is -2.66. The molecule has 0 radical (unpaired) electrons. The van der Waals surface area contributed by atoms with Gasteiger partial charge in [0, 0.05) is 37.2 Å². The molecule has 0 aromatic heterocycles. The largest absolute Gasteiger partial charge is 0.462 e. The highest BCUT2D eigenvalue weighted by molar-refractivity contribution is 5.85. The molecule has 0 spiro atoms. The number of ketones is 1. The number of cyclic esters (lactones) is 1. The standard InChI is InChI=1S/C35H61NO10.C2H7N.3C2H6/c1-12-26-21(5)29(38)22(6)28(37)18(2)16-19(3)30(44-27-15-13-14-20(4)42-27)23(7)31(24(8)33(40)43-26)46-35(36)17-34(10,41-11)32(39)25(9)45-35;1-3-2;3*1-2/h16,18,20-27,29-32,38-39H,12-15,17,36H2,1-11H3;3H,1-2H3;3*1-2H3/b19-16+;;;;. The molecule has 3 aliphatic rings. The van der Waals surface area contributed by atoms with Gasteiger partial charge in [-0.15, -0.1) is 0 Å². The molecule has 2 fully saturated rings. The fraction of sp³-hybridized carbons (Fsp3) is 0.907. The molecule has 0 aromatic rings. The van der Waals surface area contributed by atoms with Gasteiger partial charge >= 0.3 is 5.97 Å². The first-order chi connectivity index (χ1) is 25.8. The van der Waals surface area contributed by atoms with Crippen LogP contribution in [0.4, 0.5) is 0 Å². The summed E-state index contributed by atoms with van der Waals surface area (Å²) in [4.78, 5) is 27.5. The van der Waals surface area contributed by atoms with Gasteiger partial charge in [-0.2, -0.15) is 0 Å². The van der Waals surface area contributed by atoms with Gasteiger partial charge in [-0.3, -0.25) is 15.3 Å². The van der Waals surface area contributed by atoms with Crippen molar-refractivity contribution in [1.82, 2.24) is 5.32 Å². The van der Waals surface area contributed by atoms with Gasteiger partial charge < -0.3 is 44.0 Å². The van der Waals surface area contributed by atoms with Crippen LogP contribution < -0.4 is 11.1 Å². The third kappa shape index (κ3) is 16.0. The molecule has 0 aliphatic carbocycles. The summed E-state index contributed by atoms with van der Waals surface area (Å²) in [5.74, 6) is -5.42. The highest BCUT2D eigenvalue weighted by Crippen LogP contribution is 2.40. The number of methoxy groups -OCH3 is 1. The van der Waals surface area contributed by atoms with E-state index in [4.69, 9.17) is 34.2 Å². The van der Waals surface area contributed by atoms with Gasteiger partial charge in [0.1, 0.15) is 18.0 Å². The summed E-state index contributed by atoms with van der Waals surface area (Å²) in [5.41, 5.74) is 6.50. The Bertz CT molecular complexity index is 1090. The molecule has 0 bridgehead atoms. The Morgan fingerprint density at radius 2 is 1.47 bits per heavy atom. The molecule has 12 nitrogen and oxygen atoms in total. The van der Waals surface area contributed by atoms with Gasteiger partial charge in [0.15, 0.2) is 6.29 Å². The maximum absolute atomic E-state index is 13.9. The van der Waals surface area contributed by atoms with Gasteiger partial charge in [0.25, 0.3) is 0 Å². The van der Waals surface area contributed by atoms with Crippen molar-refractivity contribution in [3.05, 3.63) is 11.6 Å². The number of allylic oxidation sites excluding steroid dienone is 1. The average molecular weight is 791 g/mol. The number of hydrogen-bond donors (Lipinski definition) is 4. The molecule has 328 valence electrons. The van der Waals surface area contributed by atoms with E-state index in [9.17, 15) is 19.8 Å². The van der Waals surface area contributed by atoms with Gasteiger partial charge in [-0.1, -0.05) is 82.2 Å². The number of carbonyl (C=O) groups excluding carboxylic acids is 2. The lowest BCUT2D eigenvalue weighted by atomic mass is 9.80. The van der Waals surface area contributed by atoms with Crippen molar-refractivity contribution in [2.24, 2.45) is 35.3 Å². The quantitative estimate of drug-likeness (QED) is 0.122. The molecule has 12 heteroatoms.